The summed E-state index contributed by atoms with van der Waals surface area (Å²) in [4.78, 5) is -0.138. The molecule has 0 fully saturated rings. The molecule has 12 heteroatoms. The minimum Gasteiger partial charge on any atom is -0.282 e. The maximum Gasteiger partial charge on any atom is 0.266 e. The van der Waals surface area contributed by atoms with Gasteiger partial charge in [0.05, 0.1) is 28.3 Å². The molecule has 0 aliphatic rings. The number of hydrogen-bond acceptors (Lipinski definition) is 5. The average molecular weight is 413 g/mol. The van der Waals surface area contributed by atoms with Gasteiger partial charge in [-0.05, 0) is 25.1 Å². The number of aryl methyl sites for hydroxylation is 2. The van der Waals surface area contributed by atoms with Crippen LogP contribution in [0, 0.1) is 6.92 Å². The fourth-order valence-corrected chi connectivity index (χ4v) is 4.65. The number of halogens is 2. The summed E-state index contributed by atoms with van der Waals surface area (Å²) in [6.07, 6.45) is 0.979. The molecule has 2 aromatic rings. The maximum atomic E-state index is 12.5. The smallest absolute Gasteiger partial charge is 0.266 e. The number of nitrogens with zero attached hydrogens (tertiary/aromatic N) is 2. The Hall–Kier alpha value is -1.49. The van der Waals surface area contributed by atoms with Crippen LogP contribution < -0.4 is 9.44 Å². The zero-order valence-electron chi connectivity index (χ0n) is 12.8. The van der Waals surface area contributed by atoms with Crippen molar-refractivity contribution in [1.82, 2.24) is 9.78 Å². The highest BCUT2D eigenvalue weighted by atomic mass is 35.5. The van der Waals surface area contributed by atoms with Gasteiger partial charge in [-0.1, -0.05) is 23.2 Å². The van der Waals surface area contributed by atoms with E-state index in [1.807, 2.05) is 0 Å². The van der Waals surface area contributed by atoms with E-state index in [0.29, 0.717) is 0 Å². The van der Waals surface area contributed by atoms with E-state index in [-0.39, 0.29) is 32.1 Å². The van der Waals surface area contributed by atoms with Crippen molar-refractivity contribution < 1.29 is 16.8 Å². The SMILES string of the molecule is Cc1nn(C)c(Cl)c1S(=O)(=O)Nc1ccc(NS(C)(=O)=O)c(Cl)c1. The van der Waals surface area contributed by atoms with Crippen molar-refractivity contribution in [1.29, 1.82) is 0 Å². The Balaban J connectivity index is 2.36. The van der Waals surface area contributed by atoms with E-state index in [1.54, 1.807) is 0 Å². The van der Waals surface area contributed by atoms with Gasteiger partial charge in [-0.15, -0.1) is 0 Å². The molecule has 0 spiro atoms. The molecular formula is C12H14Cl2N4O4S2. The Labute approximate surface area is 149 Å². The predicted octanol–water partition coefficient (Wildman–Crippen LogP) is 2.21. The zero-order valence-corrected chi connectivity index (χ0v) is 16.0. The molecule has 0 aliphatic heterocycles. The van der Waals surface area contributed by atoms with Crippen molar-refractivity contribution >= 4 is 54.6 Å². The third-order valence-electron chi connectivity index (χ3n) is 2.89. The van der Waals surface area contributed by atoms with Crippen LogP contribution in [0.15, 0.2) is 23.1 Å². The Bertz CT molecular complexity index is 1000. The Morgan fingerprint density at radius 2 is 1.75 bits per heavy atom. The lowest BCUT2D eigenvalue weighted by molar-refractivity contribution is 0.600. The molecule has 0 saturated heterocycles. The Morgan fingerprint density at radius 1 is 1.12 bits per heavy atom. The van der Waals surface area contributed by atoms with Gasteiger partial charge in [-0.2, -0.15) is 5.10 Å². The second kappa shape index (κ2) is 6.43. The lowest BCUT2D eigenvalue weighted by atomic mass is 10.3. The summed E-state index contributed by atoms with van der Waals surface area (Å²) in [5, 5.41) is 3.96. The van der Waals surface area contributed by atoms with Crippen molar-refractivity contribution in [3.8, 4) is 0 Å². The highest BCUT2D eigenvalue weighted by Crippen LogP contribution is 2.30. The standard InChI is InChI=1S/C12H14Cl2N4O4S2/c1-7-11(12(14)18(2)15-7)24(21,22)16-8-4-5-10(9(13)6-8)17-23(3,19)20/h4-6,16-17H,1-3H3. The molecule has 0 bridgehead atoms. The fourth-order valence-electron chi connectivity index (χ4n) is 1.98. The van der Waals surface area contributed by atoms with Crippen LogP contribution in [-0.2, 0) is 27.1 Å². The summed E-state index contributed by atoms with van der Waals surface area (Å²) in [5.74, 6) is 0. The second-order valence-electron chi connectivity index (χ2n) is 5.00. The molecule has 1 aromatic carbocycles. The summed E-state index contributed by atoms with van der Waals surface area (Å²) in [5.41, 5.74) is 0.535. The highest BCUT2D eigenvalue weighted by Gasteiger charge is 2.25. The van der Waals surface area contributed by atoms with E-state index in [4.69, 9.17) is 23.2 Å². The summed E-state index contributed by atoms with van der Waals surface area (Å²) >= 11 is 11.9. The number of aromatic nitrogens is 2. The molecule has 2 N–H and O–H groups in total. The first kappa shape index (κ1) is 18.8. The Kier molecular flexibility index (Phi) is 5.05. The molecule has 1 heterocycles. The van der Waals surface area contributed by atoms with Gasteiger partial charge >= 0.3 is 0 Å². The van der Waals surface area contributed by atoms with Gasteiger partial charge < -0.3 is 0 Å². The van der Waals surface area contributed by atoms with Crippen molar-refractivity contribution in [2.24, 2.45) is 7.05 Å². The number of hydrogen-bond donors (Lipinski definition) is 2. The van der Waals surface area contributed by atoms with E-state index < -0.39 is 20.0 Å². The van der Waals surface area contributed by atoms with Crippen LogP contribution in [0.5, 0.6) is 0 Å². The lowest BCUT2D eigenvalue weighted by Crippen LogP contribution is -2.14. The van der Waals surface area contributed by atoms with E-state index in [1.165, 1.54) is 36.9 Å². The Morgan fingerprint density at radius 3 is 2.21 bits per heavy atom. The van der Waals surface area contributed by atoms with Gasteiger partial charge in [-0.25, -0.2) is 16.8 Å². The molecule has 1 aromatic heterocycles. The van der Waals surface area contributed by atoms with Crippen LogP contribution >= 0.6 is 23.2 Å². The first-order valence-electron chi connectivity index (χ1n) is 6.40. The third-order valence-corrected chi connectivity index (χ3v) is 5.87. The summed E-state index contributed by atoms with van der Waals surface area (Å²) in [7, 11) is -5.96. The van der Waals surface area contributed by atoms with E-state index in [2.05, 4.69) is 14.5 Å². The molecule has 0 saturated carbocycles. The van der Waals surface area contributed by atoms with Gasteiger partial charge in [0.2, 0.25) is 10.0 Å². The van der Waals surface area contributed by atoms with E-state index >= 15 is 0 Å². The topological polar surface area (TPSA) is 110 Å². The van der Waals surface area contributed by atoms with Crippen molar-refractivity contribution in [3.05, 3.63) is 34.1 Å². The first-order valence-corrected chi connectivity index (χ1v) is 10.5. The number of nitrogens with one attached hydrogen (secondary N) is 2. The lowest BCUT2D eigenvalue weighted by Gasteiger charge is -2.11. The zero-order chi connectivity index (χ0) is 18.3. The molecule has 132 valence electrons. The number of anilines is 2. The summed E-state index contributed by atoms with van der Waals surface area (Å²) < 4.78 is 53.2. The summed E-state index contributed by atoms with van der Waals surface area (Å²) in [6, 6.07) is 4.00. The van der Waals surface area contributed by atoms with Crippen LogP contribution in [0.2, 0.25) is 10.2 Å². The minimum atomic E-state index is -3.98. The van der Waals surface area contributed by atoms with Crippen LogP contribution in [0.4, 0.5) is 11.4 Å². The molecule has 24 heavy (non-hydrogen) atoms. The van der Waals surface area contributed by atoms with Gasteiger partial charge in [0.25, 0.3) is 10.0 Å². The van der Waals surface area contributed by atoms with Crippen LogP contribution in [0.25, 0.3) is 0 Å². The van der Waals surface area contributed by atoms with E-state index in [9.17, 15) is 16.8 Å². The monoisotopic (exact) mass is 412 g/mol. The van der Waals surface area contributed by atoms with Gasteiger partial charge in [-0.3, -0.25) is 14.1 Å². The average Bonchev–Trinajstić information content (AvgIpc) is 2.65. The number of sulfonamides is 2. The molecule has 0 radical (unpaired) electrons. The van der Waals surface area contributed by atoms with Gasteiger partial charge in [0.1, 0.15) is 10.0 Å². The predicted molar refractivity (Wildman–Crippen MR) is 93.7 cm³/mol. The molecule has 8 nitrogen and oxygen atoms in total. The van der Waals surface area contributed by atoms with Crippen LogP contribution in [0.3, 0.4) is 0 Å². The minimum absolute atomic E-state index is 0.0264. The molecule has 0 amide bonds. The molecule has 0 atom stereocenters. The quantitative estimate of drug-likeness (QED) is 0.781. The largest absolute Gasteiger partial charge is 0.282 e. The second-order valence-corrected chi connectivity index (χ2v) is 9.14. The molecule has 0 aliphatic carbocycles. The normalized spacial score (nSPS) is 12.2. The number of benzene rings is 1. The highest BCUT2D eigenvalue weighted by molar-refractivity contribution is 7.93. The third kappa shape index (κ3) is 4.12. The fraction of sp³-hybridized carbons (Fsp3) is 0.250. The van der Waals surface area contributed by atoms with Crippen LogP contribution in [0.1, 0.15) is 5.69 Å². The molecular weight excluding hydrogens is 399 g/mol. The molecule has 0 unspecified atom stereocenters. The van der Waals surface area contributed by atoms with Crippen molar-refractivity contribution in [2.45, 2.75) is 11.8 Å². The van der Waals surface area contributed by atoms with Crippen LogP contribution in [-0.4, -0.2) is 32.9 Å². The molecule has 2 rings (SSSR count). The van der Waals surface area contributed by atoms with Crippen molar-refractivity contribution in [2.75, 3.05) is 15.7 Å². The van der Waals surface area contributed by atoms with Gasteiger partial charge in [0.15, 0.2) is 0 Å². The van der Waals surface area contributed by atoms with Gasteiger partial charge in [0, 0.05) is 7.05 Å². The van der Waals surface area contributed by atoms with E-state index in [0.717, 1.165) is 6.26 Å². The first-order chi connectivity index (χ1) is 10.9. The maximum absolute atomic E-state index is 12.5. The number of rotatable bonds is 5. The van der Waals surface area contributed by atoms with Crippen molar-refractivity contribution in [3.63, 3.8) is 0 Å². The summed E-state index contributed by atoms with van der Waals surface area (Å²) in [6.45, 7) is 1.52.